The first-order valence-electron chi connectivity index (χ1n) is 16.9. The second-order valence-corrected chi connectivity index (χ2v) is 15.6. The van der Waals surface area contributed by atoms with Crippen LogP contribution in [0.4, 0.5) is 17.1 Å². The zero-order valence-electron chi connectivity index (χ0n) is 27.6. The summed E-state index contributed by atoms with van der Waals surface area (Å²) in [6, 6.07) is 64.7. The standard InChI is InChI=1S/C47H35NSe/c1-47(2,35-15-7-4-8-16-35)36-24-28-38(29-25-36)48(37-26-21-33(22-27-37)32-13-5-3-6-14-32)43-31-34-23-30-42-40-18-11-12-20-44(40)49-46(42)45(34)41-19-10-9-17-39(41)43/h3-31H,1-2H3. The Hall–Kier alpha value is -5.40. The van der Waals surface area contributed by atoms with Crippen molar-refractivity contribution in [3.8, 4) is 11.1 Å². The van der Waals surface area contributed by atoms with Gasteiger partial charge in [0, 0.05) is 0 Å². The fourth-order valence-electron chi connectivity index (χ4n) is 7.45. The summed E-state index contributed by atoms with van der Waals surface area (Å²) >= 11 is 0.268. The second kappa shape index (κ2) is 11.9. The van der Waals surface area contributed by atoms with E-state index in [0.717, 1.165) is 11.4 Å². The van der Waals surface area contributed by atoms with Crippen LogP contribution in [0.3, 0.4) is 0 Å². The molecule has 0 amide bonds. The van der Waals surface area contributed by atoms with E-state index in [1.165, 1.54) is 68.8 Å². The number of anilines is 3. The Balaban J connectivity index is 1.25. The number of hydrogen-bond acceptors (Lipinski definition) is 1. The molecule has 1 heterocycles. The molecule has 0 aliphatic carbocycles. The SMILES string of the molecule is CC(C)(c1ccccc1)c1ccc(N(c2ccc(-c3ccccc3)cc2)c2cc3ccc4c5ccccc5[se]c4c3c3ccccc23)cc1. The van der Waals surface area contributed by atoms with Gasteiger partial charge in [0.25, 0.3) is 0 Å². The molecule has 0 saturated carbocycles. The van der Waals surface area contributed by atoms with E-state index in [9.17, 15) is 0 Å². The molecule has 49 heavy (non-hydrogen) atoms. The average Bonchev–Trinajstić information content (AvgIpc) is 3.55. The summed E-state index contributed by atoms with van der Waals surface area (Å²) in [5.41, 5.74) is 8.39. The summed E-state index contributed by atoms with van der Waals surface area (Å²) in [6.07, 6.45) is 0. The molecule has 0 radical (unpaired) electrons. The van der Waals surface area contributed by atoms with Gasteiger partial charge in [0.1, 0.15) is 0 Å². The summed E-state index contributed by atoms with van der Waals surface area (Å²) in [6.45, 7) is 4.62. The van der Waals surface area contributed by atoms with Gasteiger partial charge in [-0.1, -0.05) is 48.5 Å². The maximum atomic E-state index is 2.45. The topological polar surface area (TPSA) is 3.24 Å². The molecular weight excluding hydrogens is 657 g/mol. The van der Waals surface area contributed by atoms with Crippen LogP contribution in [0.15, 0.2) is 176 Å². The minimum atomic E-state index is -0.114. The first-order valence-corrected chi connectivity index (χ1v) is 18.6. The third-order valence-electron chi connectivity index (χ3n) is 10.2. The number of fused-ring (bicyclic) bond motifs is 7. The molecule has 8 aromatic carbocycles. The van der Waals surface area contributed by atoms with Gasteiger partial charge in [0.2, 0.25) is 0 Å². The van der Waals surface area contributed by atoms with Crippen LogP contribution >= 0.6 is 0 Å². The van der Waals surface area contributed by atoms with Crippen molar-refractivity contribution in [2.45, 2.75) is 19.3 Å². The van der Waals surface area contributed by atoms with Gasteiger partial charge in [0.15, 0.2) is 0 Å². The molecule has 0 unspecified atom stereocenters. The van der Waals surface area contributed by atoms with E-state index in [-0.39, 0.29) is 19.9 Å². The summed E-state index contributed by atoms with van der Waals surface area (Å²) in [7, 11) is 0. The Labute approximate surface area is 293 Å². The van der Waals surface area contributed by atoms with Crippen LogP contribution < -0.4 is 4.90 Å². The van der Waals surface area contributed by atoms with Gasteiger partial charge in [0.05, 0.1) is 0 Å². The quantitative estimate of drug-likeness (QED) is 0.124. The average molecular weight is 693 g/mol. The molecule has 9 aromatic rings. The molecule has 1 nitrogen and oxygen atoms in total. The van der Waals surface area contributed by atoms with Crippen LogP contribution in [0.25, 0.3) is 52.0 Å². The molecule has 9 rings (SSSR count). The summed E-state index contributed by atoms with van der Waals surface area (Å²) in [5, 5.41) is 8.05. The van der Waals surface area contributed by atoms with E-state index in [0.29, 0.717) is 0 Å². The van der Waals surface area contributed by atoms with E-state index < -0.39 is 0 Å². The van der Waals surface area contributed by atoms with Crippen LogP contribution in [-0.2, 0) is 5.41 Å². The first kappa shape index (κ1) is 29.7. The number of rotatable bonds is 6. The molecule has 0 aliphatic heterocycles. The van der Waals surface area contributed by atoms with Crippen LogP contribution in [0.2, 0.25) is 0 Å². The van der Waals surface area contributed by atoms with Crippen molar-refractivity contribution in [2.24, 2.45) is 0 Å². The molecule has 1 aromatic heterocycles. The van der Waals surface area contributed by atoms with Gasteiger partial charge >= 0.3 is 246 Å². The molecule has 0 aliphatic rings. The number of nitrogens with zero attached hydrogens (tertiary/aromatic N) is 1. The first-order chi connectivity index (χ1) is 24.1. The molecule has 0 spiro atoms. The summed E-state index contributed by atoms with van der Waals surface area (Å²) in [5.74, 6) is 0. The van der Waals surface area contributed by atoms with Crippen LogP contribution in [-0.4, -0.2) is 14.5 Å². The fourth-order valence-corrected chi connectivity index (χ4v) is 10.1. The molecule has 2 heteroatoms. The zero-order valence-corrected chi connectivity index (χ0v) is 29.3. The molecule has 0 N–H and O–H groups in total. The van der Waals surface area contributed by atoms with Gasteiger partial charge in [-0.25, -0.2) is 0 Å². The van der Waals surface area contributed by atoms with Gasteiger partial charge < -0.3 is 0 Å². The monoisotopic (exact) mass is 693 g/mol. The molecule has 0 fully saturated rings. The summed E-state index contributed by atoms with van der Waals surface area (Å²) in [4.78, 5) is 2.45. The predicted molar refractivity (Wildman–Crippen MR) is 212 cm³/mol. The minimum absolute atomic E-state index is 0.114. The van der Waals surface area contributed by atoms with Crippen molar-refractivity contribution in [3.05, 3.63) is 187 Å². The fraction of sp³-hybridized carbons (Fsp3) is 0.0638. The van der Waals surface area contributed by atoms with Gasteiger partial charge in [-0.3, -0.25) is 0 Å². The van der Waals surface area contributed by atoms with E-state index in [1.807, 2.05) is 0 Å². The van der Waals surface area contributed by atoms with Gasteiger partial charge in [-0.2, -0.15) is 0 Å². The van der Waals surface area contributed by atoms with Crippen LogP contribution in [0, 0.1) is 0 Å². The molecule has 0 bridgehead atoms. The normalized spacial score (nSPS) is 11.9. The third kappa shape index (κ3) is 5.08. The van der Waals surface area contributed by atoms with Crippen molar-refractivity contribution in [1.29, 1.82) is 0 Å². The Morgan fingerprint density at radius 3 is 1.71 bits per heavy atom. The maximum absolute atomic E-state index is 2.45. The van der Waals surface area contributed by atoms with E-state index in [1.54, 1.807) is 0 Å². The van der Waals surface area contributed by atoms with Gasteiger partial charge in [-0.05, 0) is 0 Å². The Bertz CT molecular complexity index is 2600. The molecule has 234 valence electrons. The van der Waals surface area contributed by atoms with Gasteiger partial charge in [-0.15, -0.1) is 0 Å². The van der Waals surface area contributed by atoms with E-state index in [4.69, 9.17) is 0 Å². The van der Waals surface area contributed by atoms with Crippen molar-refractivity contribution >= 4 is 72.4 Å². The van der Waals surface area contributed by atoms with Crippen molar-refractivity contribution in [3.63, 3.8) is 0 Å². The predicted octanol–water partition coefficient (Wildman–Crippen LogP) is 12.8. The number of benzene rings is 8. The van der Waals surface area contributed by atoms with Crippen molar-refractivity contribution < 1.29 is 0 Å². The van der Waals surface area contributed by atoms with Crippen molar-refractivity contribution in [1.82, 2.24) is 0 Å². The summed E-state index contributed by atoms with van der Waals surface area (Å²) < 4.78 is 2.98. The Morgan fingerprint density at radius 1 is 0.449 bits per heavy atom. The molecule has 0 atom stereocenters. The second-order valence-electron chi connectivity index (χ2n) is 13.4. The van der Waals surface area contributed by atoms with Crippen LogP contribution in [0.5, 0.6) is 0 Å². The molecule has 0 saturated heterocycles. The van der Waals surface area contributed by atoms with Crippen LogP contribution in [0.1, 0.15) is 25.0 Å². The Morgan fingerprint density at radius 2 is 1.00 bits per heavy atom. The zero-order chi connectivity index (χ0) is 33.0. The van der Waals surface area contributed by atoms with E-state index >= 15 is 0 Å². The van der Waals surface area contributed by atoms with E-state index in [2.05, 4.69) is 195 Å². The Kier molecular flexibility index (Phi) is 7.24. The molecular formula is C47H35NSe. The van der Waals surface area contributed by atoms with Crippen molar-refractivity contribution in [2.75, 3.05) is 4.90 Å². The number of hydrogen-bond donors (Lipinski definition) is 0. The third-order valence-corrected chi connectivity index (χ3v) is 12.7.